The Hall–Kier alpha value is -2.06. The third kappa shape index (κ3) is 1.91. The number of hydrogen-bond donors (Lipinski definition) is 0. The Balaban J connectivity index is 2.20. The topological polar surface area (TPSA) is 22.1 Å². The Labute approximate surface area is 141 Å². The summed E-state index contributed by atoms with van der Waals surface area (Å²) < 4.78 is 5.82. The highest BCUT2D eigenvalue weighted by atomic mass is 35.5. The fourth-order valence-electron chi connectivity index (χ4n) is 3.63. The Bertz CT molecular complexity index is 930. The third-order valence-corrected chi connectivity index (χ3v) is 5.00. The van der Waals surface area contributed by atoms with Gasteiger partial charge in [0.2, 0.25) is 5.88 Å². The van der Waals surface area contributed by atoms with Gasteiger partial charge in [-0.1, -0.05) is 55.8 Å². The first kappa shape index (κ1) is 14.5. The van der Waals surface area contributed by atoms with E-state index in [-0.39, 0.29) is 5.41 Å². The van der Waals surface area contributed by atoms with Crippen LogP contribution in [0.5, 0.6) is 5.88 Å². The number of hydrogen-bond acceptors (Lipinski definition) is 2. The van der Waals surface area contributed by atoms with E-state index in [1.807, 2.05) is 25.1 Å². The van der Waals surface area contributed by atoms with Gasteiger partial charge in [0, 0.05) is 26.8 Å². The van der Waals surface area contributed by atoms with Crippen molar-refractivity contribution in [3.63, 3.8) is 0 Å². The van der Waals surface area contributed by atoms with Crippen molar-refractivity contribution in [1.82, 2.24) is 4.98 Å². The summed E-state index contributed by atoms with van der Waals surface area (Å²) in [5, 5.41) is 2.76. The van der Waals surface area contributed by atoms with Crippen LogP contribution >= 0.6 is 11.6 Å². The van der Waals surface area contributed by atoms with Crippen LogP contribution in [0, 0.1) is 0 Å². The maximum atomic E-state index is 6.59. The second-order valence-corrected chi connectivity index (χ2v) is 6.81. The summed E-state index contributed by atoms with van der Waals surface area (Å²) in [4.78, 5) is 4.90. The molecule has 1 aliphatic rings. The van der Waals surface area contributed by atoms with Crippen LogP contribution in [0.3, 0.4) is 0 Å². The van der Waals surface area contributed by atoms with Crippen LogP contribution in [0.15, 0.2) is 42.5 Å². The molecule has 0 spiro atoms. The third-order valence-electron chi connectivity index (χ3n) is 4.69. The van der Waals surface area contributed by atoms with Gasteiger partial charge in [0.1, 0.15) is 0 Å². The standard InChI is InChI=1S/C20H18ClNO/c1-4-23-19-13-9-7-11-15(21)16(13)17-12-8-5-6-10-14(12)20(2,3)18(17)22-19/h5-11H,4H2,1-3H3. The van der Waals surface area contributed by atoms with E-state index in [1.165, 1.54) is 11.1 Å². The summed E-state index contributed by atoms with van der Waals surface area (Å²) in [6, 6.07) is 14.4. The second kappa shape index (κ2) is 4.97. The quantitative estimate of drug-likeness (QED) is 0.613. The molecule has 23 heavy (non-hydrogen) atoms. The molecule has 3 aromatic rings. The van der Waals surface area contributed by atoms with Crippen molar-refractivity contribution < 1.29 is 4.74 Å². The van der Waals surface area contributed by atoms with Gasteiger partial charge in [-0.05, 0) is 30.2 Å². The molecule has 0 radical (unpaired) electrons. The SMILES string of the molecule is CCOc1nc2c(c3c(Cl)cccc13)-c1ccccc1C2(C)C. The lowest BCUT2D eigenvalue weighted by atomic mass is 9.85. The van der Waals surface area contributed by atoms with Crippen LogP contribution in [0.25, 0.3) is 21.9 Å². The molecule has 4 rings (SSSR count). The smallest absolute Gasteiger partial charge is 0.221 e. The Morgan fingerprint density at radius 2 is 1.87 bits per heavy atom. The average molecular weight is 324 g/mol. The molecular weight excluding hydrogens is 306 g/mol. The van der Waals surface area contributed by atoms with E-state index in [2.05, 4.69) is 38.1 Å². The lowest BCUT2D eigenvalue weighted by molar-refractivity contribution is 0.329. The van der Waals surface area contributed by atoms with Crippen LogP contribution < -0.4 is 4.74 Å². The molecular formula is C20H18ClNO. The van der Waals surface area contributed by atoms with Crippen LogP contribution in [0.2, 0.25) is 5.02 Å². The lowest BCUT2D eigenvalue weighted by Crippen LogP contribution is -2.17. The molecule has 0 unspecified atom stereocenters. The zero-order chi connectivity index (χ0) is 16.2. The van der Waals surface area contributed by atoms with Crippen molar-refractivity contribution >= 4 is 22.4 Å². The van der Waals surface area contributed by atoms with Gasteiger partial charge in [-0.15, -0.1) is 0 Å². The molecule has 1 aromatic heterocycles. The van der Waals surface area contributed by atoms with Gasteiger partial charge in [0.05, 0.1) is 12.3 Å². The van der Waals surface area contributed by atoms with Crippen molar-refractivity contribution in [3.05, 3.63) is 58.7 Å². The van der Waals surface area contributed by atoms with E-state index < -0.39 is 0 Å². The molecule has 116 valence electrons. The number of nitrogens with zero attached hydrogens (tertiary/aromatic N) is 1. The predicted octanol–water partition coefficient (Wildman–Crippen LogP) is 5.59. The molecule has 0 aliphatic heterocycles. The maximum absolute atomic E-state index is 6.59. The minimum absolute atomic E-state index is 0.162. The highest BCUT2D eigenvalue weighted by Gasteiger charge is 2.39. The number of pyridine rings is 1. The van der Waals surface area contributed by atoms with E-state index in [1.54, 1.807) is 0 Å². The van der Waals surface area contributed by atoms with Crippen molar-refractivity contribution in [3.8, 4) is 17.0 Å². The molecule has 0 fully saturated rings. The van der Waals surface area contributed by atoms with Gasteiger partial charge >= 0.3 is 0 Å². The highest BCUT2D eigenvalue weighted by molar-refractivity contribution is 6.37. The van der Waals surface area contributed by atoms with Crippen molar-refractivity contribution in [2.45, 2.75) is 26.2 Å². The fourth-order valence-corrected chi connectivity index (χ4v) is 3.90. The molecule has 0 atom stereocenters. The monoisotopic (exact) mass is 323 g/mol. The number of halogens is 1. The van der Waals surface area contributed by atoms with Crippen LogP contribution in [-0.2, 0) is 5.41 Å². The van der Waals surface area contributed by atoms with Gasteiger partial charge in [0.15, 0.2) is 0 Å². The molecule has 0 saturated carbocycles. The van der Waals surface area contributed by atoms with Gasteiger partial charge < -0.3 is 4.74 Å². The van der Waals surface area contributed by atoms with Gasteiger partial charge in [-0.3, -0.25) is 0 Å². The van der Waals surface area contributed by atoms with Gasteiger partial charge in [-0.25, -0.2) is 4.98 Å². The first-order chi connectivity index (χ1) is 11.1. The summed E-state index contributed by atoms with van der Waals surface area (Å²) in [5.41, 5.74) is 4.54. The number of fused-ring (bicyclic) bond motifs is 5. The van der Waals surface area contributed by atoms with Crippen molar-refractivity contribution in [2.75, 3.05) is 6.61 Å². The van der Waals surface area contributed by atoms with E-state index in [0.29, 0.717) is 12.5 Å². The Morgan fingerprint density at radius 3 is 2.65 bits per heavy atom. The number of benzene rings is 2. The number of rotatable bonds is 2. The number of aromatic nitrogens is 1. The van der Waals surface area contributed by atoms with Crippen LogP contribution in [-0.4, -0.2) is 11.6 Å². The molecule has 0 saturated heterocycles. The van der Waals surface area contributed by atoms with E-state index in [4.69, 9.17) is 21.3 Å². The largest absolute Gasteiger partial charge is 0.478 e. The fraction of sp³-hybridized carbons (Fsp3) is 0.250. The molecule has 0 N–H and O–H groups in total. The molecule has 0 bridgehead atoms. The maximum Gasteiger partial charge on any atom is 0.221 e. The van der Waals surface area contributed by atoms with Crippen LogP contribution in [0.1, 0.15) is 32.0 Å². The predicted molar refractivity (Wildman–Crippen MR) is 95.5 cm³/mol. The Kier molecular flexibility index (Phi) is 3.14. The summed E-state index contributed by atoms with van der Waals surface area (Å²) >= 11 is 6.59. The average Bonchev–Trinajstić information content (AvgIpc) is 2.77. The summed E-state index contributed by atoms with van der Waals surface area (Å²) in [5.74, 6) is 0.671. The second-order valence-electron chi connectivity index (χ2n) is 6.41. The summed E-state index contributed by atoms with van der Waals surface area (Å²) in [7, 11) is 0. The lowest BCUT2D eigenvalue weighted by Gasteiger charge is -2.21. The van der Waals surface area contributed by atoms with E-state index in [0.717, 1.165) is 27.1 Å². The number of ether oxygens (including phenoxy) is 1. The molecule has 1 heterocycles. The van der Waals surface area contributed by atoms with Gasteiger partial charge in [-0.2, -0.15) is 0 Å². The Morgan fingerprint density at radius 1 is 1.09 bits per heavy atom. The first-order valence-corrected chi connectivity index (χ1v) is 8.29. The van der Waals surface area contributed by atoms with E-state index >= 15 is 0 Å². The molecule has 0 amide bonds. The van der Waals surface area contributed by atoms with Crippen molar-refractivity contribution in [2.24, 2.45) is 0 Å². The summed E-state index contributed by atoms with van der Waals surface area (Å²) in [6.45, 7) is 6.98. The minimum Gasteiger partial charge on any atom is -0.478 e. The highest BCUT2D eigenvalue weighted by Crippen LogP contribution is 2.52. The molecule has 1 aliphatic carbocycles. The normalized spacial score (nSPS) is 14.6. The molecule has 2 aromatic carbocycles. The van der Waals surface area contributed by atoms with Crippen molar-refractivity contribution in [1.29, 1.82) is 0 Å². The first-order valence-electron chi connectivity index (χ1n) is 7.91. The zero-order valence-corrected chi connectivity index (χ0v) is 14.2. The van der Waals surface area contributed by atoms with Crippen LogP contribution in [0.4, 0.5) is 0 Å². The minimum atomic E-state index is -0.162. The summed E-state index contributed by atoms with van der Waals surface area (Å²) in [6.07, 6.45) is 0. The molecule has 3 heteroatoms. The van der Waals surface area contributed by atoms with Gasteiger partial charge in [0.25, 0.3) is 0 Å². The van der Waals surface area contributed by atoms with E-state index in [9.17, 15) is 0 Å². The molecule has 2 nitrogen and oxygen atoms in total. The zero-order valence-electron chi connectivity index (χ0n) is 13.5.